The number of hydrogen-bond donors (Lipinski definition) is 2. The lowest BCUT2D eigenvalue weighted by Gasteiger charge is -2.13. The summed E-state index contributed by atoms with van der Waals surface area (Å²) in [6.07, 6.45) is 0. The Bertz CT molecular complexity index is 1200. The van der Waals surface area contributed by atoms with Crippen molar-refractivity contribution in [3.63, 3.8) is 0 Å². The number of halogens is 2. The van der Waals surface area contributed by atoms with E-state index in [0.717, 1.165) is 5.52 Å². The maximum atomic E-state index is 13.3. The topological polar surface area (TPSA) is 107 Å². The number of carbonyl (C=O) groups is 1. The number of hydrogen-bond acceptors (Lipinski definition) is 5. The fourth-order valence-electron chi connectivity index (χ4n) is 2.69. The number of anilines is 1. The maximum Gasteiger partial charge on any atom is 0.238 e. The number of nitrogens with one attached hydrogen (secondary N) is 1. The summed E-state index contributed by atoms with van der Waals surface area (Å²) in [5.41, 5.74) is 1.59. The number of imidazole rings is 1. The molecule has 3 N–H and O–H groups in total. The van der Waals surface area contributed by atoms with Gasteiger partial charge in [-0.25, -0.2) is 22.9 Å². The van der Waals surface area contributed by atoms with Crippen molar-refractivity contribution < 1.29 is 17.6 Å². The van der Waals surface area contributed by atoms with Crippen molar-refractivity contribution in [3.05, 3.63) is 47.2 Å². The van der Waals surface area contributed by atoms with E-state index in [2.05, 4.69) is 10.3 Å². The first-order valence-corrected chi connectivity index (χ1v) is 11.4. The normalized spacial score (nSPS) is 12.9. The van der Waals surface area contributed by atoms with E-state index in [4.69, 9.17) is 16.7 Å². The average Bonchev–Trinajstić information content (AvgIpc) is 3.00. The van der Waals surface area contributed by atoms with E-state index in [9.17, 15) is 17.6 Å². The van der Waals surface area contributed by atoms with Crippen LogP contribution in [0.15, 0.2) is 46.5 Å². The molecule has 0 saturated carbocycles. The van der Waals surface area contributed by atoms with Crippen LogP contribution in [0.4, 0.5) is 10.1 Å². The van der Waals surface area contributed by atoms with Crippen LogP contribution in [0.5, 0.6) is 0 Å². The molecule has 3 rings (SSSR count). The number of aryl methyl sites for hydroxylation is 1. The molecule has 11 heteroatoms. The third-order valence-electron chi connectivity index (χ3n) is 4.17. The van der Waals surface area contributed by atoms with Crippen LogP contribution in [0, 0.1) is 5.82 Å². The van der Waals surface area contributed by atoms with Crippen molar-refractivity contribution in [1.29, 1.82) is 0 Å². The second-order valence-electron chi connectivity index (χ2n) is 6.21. The van der Waals surface area contributed by atoms with E-state index in [1.807, 2.05) is 11.5 Å². The molecule has 2 aromatic carbocycles. The van der Waals surface area contributed by atoms with E-state index in [1.54, 1.807) is 13.0 Å². The van der Waals surface area contributed by atoms with Crippen molar-refractivity contribution in [2.75, 3.05) is 5.32 Å². The quantitative estimate of drug-likeness (QED) is 0.551. The fraction of sp³-hybridized carbons (Fsp3) is 0.222. The van der Waals surface area contributed by atoms with Crippen molar-refractivity contribution in [2.24, 2.45) is 5.14 Å². The molecule has 0 aliphatic carbocycles. The number of primary sulfonamides is 1. The number of aromatic nitrogens is 2. The van der Waals surface area contributed by atoms with Crippen LogP contribution in [0.2, 0.25) is 5.02 Å². The van der Waals surface area contributed by atoms with Gasteiger partial charge >= 0.3 is 0 Å². The molecule has 0 aliphatic heterocycles. The van der Waals surface area contributed by atoms with Crippen LogP contribution >= 0.6 is 23.4 Å². The molecule has 1 unspecified atom stereocenters. The Balaban J connectivity index is 1.84. The zero-order valence-corrected chi connectivity index (χ0v) is 17.9. The van der Waals surface area contributed by atoms with Gasteiger partial charge in [0.15, 0.2) is 5.16 Å². The van der Waals surface area contributed by atoms with Crippen LogP contribution in [0.3, 0.4) is 0 Å². The molecule has 3 aromatic rings. The highest BCUT2D eigenvalue weighted by molar-refractivity contribution is 8.00. The van der Waals surface area contributed by atoms with Crippen molar-refractivity contribution >= 4 is 56.0 Å². The van der Waals surface area contributed by atoms with Crippen LogP contribution in [-0.2, 0) is 21.4 Å². The first-order valence-electron chi connectivity index (χ1n) is 8.55. The minimum Gasteiger partial charge on any atom is -0.325 e. The Kier molecular flexibility index (Phi) is 6.18. The zero-order chi connectivity index (χ0) is 21.3. The summed E-state index contributed by atoms with van der Waals surface area (Å²) in [6.45, 7) is 4.21. The second-order valence-corrected chi connectivity index (χ2v) is 9.49. The van der Waals surface area contributed by atoms with Gasteiger partial charge in [-0.15, -0.1) is 0 Å². The standard InChI is InChI=1S/C18H18ClFN4O3S2/c1-3-24-16-7-5-12(29(21,26)27)9-15(16)23-18(24)28-10(2)17(25)22-11-4-6-14(20)13(19)8-11/h4-10H,3H2,1-2H3,(H,22,25)(H2,21,26,27). The molecule has 1 aromatic heterocycles. The lowest BCUT2D eigenvalue weighted by Crippen LogP contribution is -2.23. The summed E-state index contributed by atoms with van der Waals surface area (Å²) in [5.74, 6) is -0.875. The SMILES string of the molecule is CCn1c(SC(C)C(=O)Nc2ccc(F)c(Cl)c2)nc2cc(S(N)(=O)=O)ccc21. The first kappa shape index (κ1) is 21.6. The largest absolute Gasteiger partial charge is 0.325 e. The maximum absolute atomic E-state index is 13.3. The van der Waals surface area contributed by atoms with Gasteiger partial charge in [0, 0.05) is 12.2 Å². The molecule has 1 amide bonds. The van der Waals surface area contributed by atoms with Crippen LogP contribution in [0.25, 0.3) is 11.0 Å². The molecule has 29 heavy (non-hydrogen) atoms. The van der Waals surface area contributed by atoms with Gasteiger partial charge in [0.25, 0.3) is 0 Å². The van der Waals surface area contributed by atoms with Crippen molar-refractivity contribution in [1.82, 2.24) is 9.55 Å². The Morgan fingerprint density at radius 1 is 1.34 bits per heavy atom. The van der Waals surface area contributed by atoms with Crippen LogP contribution < -0.4 is 10.5 Å². The van der Waals surface area contributed by atoms with Gasteiger partial charge < -0.3 is 9.88 Å². The molecule has 0 saturated heterocycles. The Hall–Kier alpha value is -2.14. The average molecular weight is 457 g/mol. The Morgan fingerprint density at radius 3 is 2.69 bits per heavy atom. The van der Waals surface area contributed by atoms with Gasteiger partial charge in [-0.3, -0.25) is 4.79 Å². The van der Waals surface area contributed by atoms with E-state index < -0.39 is 21.1 Å². The first-order chi connectivity index (χ1) is 13.6. The molecule has 1 atom stereocenters. The lowest BCUT2D eigenvalue weighted by molar-refractivity contribution is -0.115. The summed E-state index contributed by atoms with van der Waals surface area (Å²) in [5, 5.41) is 7.82. The van der Waals surface area contributed by atoms with E-state index in [1.165, 1.54) is 42.1 Å². The smallest absolute Gasteiger partial charge is 0.238 e. The molecule has 0 aliphatic rings. The van der Waals surface area contributed by atoms with Gasteiger partial charge in [0.05, 0.1) is 26.2 Å². The molecule has 0 bridgehead atoms. The van der Waals surface area contributed by atoms with Gasteiger partial charge in [-0.1, -0.05) is 23.4 Å². The predicted molar refractivity (Wildman–Crippen MR) is 112 cm³/mol. The summed E-state index contributed by atoms with van der Waals surface area (Å²) in [7, 11) is -3.84. The number of benzene rings is 2. The molecular formula is C18H18ClFN4O3S2. The van der Waals surface area contributed by atoms with Crippen molar-refractivity contribution in [2.45, 2.75) is 35.7 Å². The monoisotopic (exact) mass is 456 g/mol. The highest BCUT2D eigenvalue weighted by Crippen LogP contribution is 2.29. The van der Waals surface area contributed by atoms with Gasteiger partial charge in [0.1, 0.15) is 5.82 Å². The highest BCUT2D eigenvalue weighted by atomic mass is 35.5. The molecule has 154 valence electrons. The number of carbonyl (C=O) groups excluding carboxylic acids is 1. The Morgan fingerprint density at radius 2 is 2.07 bits per heavy atom. The number of nitrogens with zero attached hydrogens (tertiary/aromatic N) is 2. The van der Waals surface area contributed by atoms with E-state index in [-0.39, 0.29) is 15.8 Å². The van der Waals surface area contributed by atoms with E-state index in [0.29, 0.717) is 22.9 Å². The number of thioether (sulfide) groups is 1. The molecule has 0 spiro atoms. The van der Waals surface area contributed by atoms with Crippen molar-refractivity contribution in [3.8, 4) is 0 Å². The van der Waals surface area contributed by atoms with Crippen LogP contribution in [-0.4, -0.2) is 29.1 Å². The summed E-state index contributed by atoms with van der Waals surface area (Å²) >= 11 is 6.96. The molecular weight excluding hydrogens is 439 g/mol. The van der Waals surface area contributed by atoms with Gasteiger partial charge in [-0.2, -0.15) is 0 Å². The minimum absolute atomic E-state index is 0.0266. The van der Waals surface area contributed by atoms with Gasteiger partial charge in [0.2, 0.25) is 15.9 Å². The Labute approximate surface area is 176 Å². The molecule has 1 heterocycles. The minimum atomic E-state index is -3.84. The lowest BCUT2D eigenvalue weighted by atomic mass is 10.3. The number of nitrogens with two attached hydrogens (primary N) is 1. The number of amides is 1. The zero-order valence-electron chi connectivity index (χ0n) is 15.5. The molecule has 7 nitrogen and oxygen atoms in total. The summed E-state index contributed by atoms with van der Waals surface area (Å²) < 4.78 is 38.3. The third-order valence-corrected chi connectivity index (χ3v) is 6.46. The fourth-order valence-corrected chi connectivity index (χ4v) is 4.39. The van der Waals surface area contributed by atoms with Gasteiger partial charge in [-0.05, 0) is 50.2 Å². The number of rotatable bonds is 6. The highest BCUT2D eigenvalue weighted by Gasteiger charge is 2.20. The third kappa shape index (κ3) is 4.72. The molecule has 0 fully saturated rings. The predicted octanol–water partition coefficient (Wildman–Crippen LogP) is 3.62. The van der Waals surface area contributed by atoms with E-state index >= 15 is 0 Å². The summed E-state index contributed by atoms with van der Waals surface area (Å²) in [6, 6.07) is 8.41. The molecule has 0 radical (unpaired) electrons. The number of sulfonamides is 1. The summed E-state index contributed by atoms with van der Waals surface area (Å²) in [4.78, 5) is 17.0. The number of fused-ring (bicyclic) bond motifs is 1. The second kappa shape index (κ2) is 8.31. The van der Waals surface area contributed by atoms with Crippen LogP contribution in [0.1, 0.15) is 13.8 Å².